The van der Waals surface area contributed by atoms with E-state index in [2.05, 4.69) is 0 Å². The SMILES string of the molecule is O=C1[C@@H]2[C@@H](c3ccc(OS(=O)(=O)c4ccccc4)cc3)N(c3cccc([N+](=O)[O-])c3)O[C@H]2C(=O)N1c1ccc(Cl)cc1. The Morgan fingerprint density at radius 3 is 2.19 bits per heavy atom. The Bertz CT molecular complexity index is 1800. The Balaban J connectivity index is 1.37. The van der Waals surface area contributed by atoms with Crippen LogP contribution in [0.1, 0.15) is 11.6 Å². The third kappa shape index (κ3) is 4.85. The Morgan fingerprint density at radius 1 is 0.833 bits per heavy atom. The summed E-state index contributed by atoms with van der Waals surface area (Å²) in [5.41, 5.74) is 0.858. The van der Waals surface area contributed by atoms with Gasteiger partial charge in [-0.15, -0.1) is 0 Å². The number of hydroxylamine groups is 1. The first kappa shape index (κ1) is 27.4. The van der Waals surface area contributed by atoms with E-state index < -0.39 is 44.9 Å². The van der Waals surface area contributed by atoms with E-state index in [-0.39, 0.29) is 22.0 Å². The van der Waals surface area contributed by atoms with Crippen LogP contribution in [0.2, 0.25) is 5.02 Å². The van der Waals surface area contributed by atoms with E-state index in [0.29, 0.717) is 16.3 Å². The minimum atomic E-state index is -4.10. The van der Waals surface area contributed by atoms with Crippen LogP contribution in [0.5, 0.6) is 5.75 Å². The summed E-state index contributed by atoms with van der Waals surface area (Å²) in [5.74, 6) is -2.12. The summed E-state index contributed by atoms with van der Waals surface area (Å²) in [6.45, 7) is 0. The van der Waals surface area contributed by atoms with E-state index in [0.717, 1.165) is 4.90 Å². The van der Waals surface area contributed by atoms with Gasteiger partial charge in [-0.1, -0.05) is 48.0 Å². The number of hydrogen-bond donors (Lipinski definition) is 0. The molecule has 2 fully saturated rings. The Morgan fingerprint density at radius 2 is 1.52 bits per heavy atom. The molecule has 2 aliphatic heterocycles. The molecule has 0 aromatic heterocycles. The first-order chi connectivity index (χ1) is 20.1. The van der Waals surface area contributed by atoms with Crippen molar-refractivity contribution in [3.05, 3.63) is 124 Å². The first-order valence-electron chi connectivity index (χ1n) is 12.6. The summed E-state index contributed by atoms with van der Waals surface area (Å²) >= 11 is 5.98. The number of rotatable bonds is 7. The molecule has 42 heavy (non-hydrogen) atoms. The zero-order chi connectivity index (χ0) is 29.6. The molecule has 0 radical (unpaired) electrons. The largest absolute Gasteiger partial charge is 0.379 e. The summed E-state index contributed by atoms with van der Waals surface area (Å²) in [6.07, 6.45) is -1.22. The Labute approximate surface area is 244 Å². The zero-order valence-corrected chi connectivity index (χ0v) is 23.0. The number of halogens is 1. The predicted molar refractivity (Wildman–Crippen MR) is 151 cm³/mol. The summed E-state index contributed by atoms with van der Waals surface area (Å²) in [5, 5.41) is 13.2. The van der Waals surface area contributed by atoms with Crippen molar-refractivity contribution in [1.82, 2.24) is 0 Å². The van der Waals surface area contributed by atoms with Gasteiger partial charge in [0.25, 0.3) is 11.6 Å². The molecule has 2 saturated heterocycles. The lowest BCUT2D eigenvalue weighted by atomic mass is 9.90. The monoisotopic (exact) mass is 605 g/mol. The van der Waals surface area contributed by atoms with E-state index in [1.54, 1.807) is 60.7 Å². The Kier molecular flexibility index (Phi) is 6.89. The fraction of sp³-hybridized carbons (Fsp3) is 0.103. The van der Waals surface area contributed by atoms with Crippen LogP contribution in [0.25, 0.3) is 0 Å². The minimum Gasteiger partial charge on any atom is -0.379 e. The van der Waals surface area contributed by atoms with Gasteiger partial charge in [-0.05, 0) is 60.2 Å². The highest BCUT2D eigenvalue weighted by molar-refractivity contribution is 7.87. The molecule has 13 heteroatoms. The average molecular weight is 606 g/mol. The van der Waals surface area contributed by atoms with E-state index in [9.17, 15) is 28.1 Å². The number of nitro groups is 1. The molecular weight excluding hydrogens is 586 g/mol. The van der Waals surface area contributed by atoms with Gasteiger partial charge < -0.3 is 4.18 Å². The van der Waals surface area contributed by atoms with Crippen molar-refractivity contribution >= 4 is 50.6 Å². The number of non-ortho nitro benzene ring substituents is 1. The molecule has 0 spiro atoms. The quantitative estimate of drug-likeness (QED) is 0.122. The van der Waals surface area contributed by atoms with Crippen LogP contribution in [-0.4, -0.2) is 31.3 Å². The standard InChI is InChI=1S/C29H20ClN3O8S/c30-19-11-13-20(14-12-19)31-28(34)25-26(32(40-27(25)29(31)35)21-5-4-6-22(17-21)33(36)37)18-9-15-23(16-10-18)41-42(38,39)24-7-2-1-3-8-24/h1-17,25-27H/t25-,26-,27-/m1/s1. The second-order valence-corrected chi connectivity index (χ2v) is 11.5. The molecule has 4 aromatic rings. The average Bonchev–Trinajstić information content (AvgIpc) is 3.50. The smallest absolute Gasteiger partial charge is 0.339 e. The number of hydrogen-bond acceptors (Lipinski definition) is 9. The number of anilines is 2. The lowest BCUT2D eigenvalue weighted by molar-refractivity contribution is -0.384. The highest BCUT2D eigenvalue weighted by Gasteiger charge is 2.60. The molecule has 0 aliphatic carbocycles. The third-order valence-electron chi connectivity index (χ3n) is 6.95. The molecule has 212 valence electrons. The van der Waals surface area contributed by atoms with Gasteiger partial charge in [0.15, 0.2) is 6.10 Å². The van der Waals surface area contributed by atoms with Crippen LogP contribution >= 0.6 is 11.6 Å². The molecule has 2 heterocycles. The van der Waals surface area contributed by atoms with Gasteiger partial charge in [0.2, 0.25) is 5.91 Å². The number of amides is 2. The van der Waals surface area contributed by atoms with Crippen LogP contribution < -0.4 is 14.1 Å². The highest BCUT2D eigenvalue weighted by Crippen LogP contribution is 2.48. The Hall–Kier alpha value is -4.78. The zero-order valence-electron chi connectivity index (χ0n) is 21.4. The molecule has 0 saturated carbocycles. The van der Waals surface area contributed by atoms with Crippen molar-refractivity contribution in [1.29, 1.82) is 0 Å². The molecular formula is C29H20ClN3O8S. The van der Waals surface area contributed by atoms with Gasteiger partial charge in [-0.2, -0.15) is 8.42 Å². The molecule has 0 N–H and O–H groups in total. The molecule has 0 bridgehead atoms. The number of nitro benzene ring substituents is 1. The van der Waals surface area contributed by atoms with Gasteiger partial charge >= 0.3 is 10.1 Å². The molecule has 11 nitrogen and oxygen atoms in total. The fourth-order valence-electron chi connectivity index (χ4n) is 5.05. The van der Waals surface area contributed by atoms with Crippen molar-refractivity contribution in [3.63, 3.8) is 0 Å². The summed E-state index contributed by atoms with van der Waals surface area (Å²) < 4.78 is 30.7. The van der Waals surface area contributed by atoms with Gasteiger partial charge in [0, 0.05) is 17.2 Å². The van der Waals surface area contributed by atoms with Crippen molar-refractivity contribution in [2.45, 2.75) is 17.0 Å². The van der Waals surface area contributed by atoms with Crippen LogP contribution in [-0.2, 0) is 24.5 Å². The second kappa shape index (κ2) is 10.6. The number of carbonyl (C=O) groups is 2. The van der Waals surface area contributed by atoms with Crippen molar-refractivity contribution in [2.75, 3.05) is 9.96 Å². The van der Waals surface area contributed by atoms with Crippen molar-refractivity contribution in [3.8, 4) is 5.75 Å². The van der Waals surface area contributed by atoms with Crippen LogP contribution in [0.4, 0.5) is 17.1 Å². The number of imide groups is 1. The van der Waals surface area contributed by atoms with Gasteiger partial charge in [0.05, 0.1) is 22.3 Å². The lowest BCUT2D eigenvalue weighted by Gasteiger charge is -2.28. The topological polar surface area (TPSA) is 136 Å². The van der Waals surface area contributed by atoms with E-state index in [1.807, 2.05) is 0 Å². The van der Waals surface area contributed by atoms with Crippen molar-refractivity contribution < 1.29 is 32.0 Å². The van der Waals surface area contributed by atoms with Crippen LogP contribution in [0.3, 0.4) is 0 Å². The molecule has 3 atom stereocenters. The molecule has 2 aliphatic rings. The van der Waals surface area contributed by atoms with Crippen molar-refractivity contribution in [2.24, 2.45) is 5.92 Å². The van der Waals surface area contributed by atoms with E-state index in [1.165, 1.54) is 47.5 Å². The van der Waals surface area contributed by atoms with Gasteiger partial charge in [0.1, 0.15) is 16.6 Å². The maximum absolute atomic E-state index is 13.8. The number of nitrogens with zero attached hydrogens (tertiary/aromatic N) is 3. The normalized spacial score (nSPS) is 20.1. The molecule has 6 rings (SSSR count). The molecule has 0 unspecified atom stereocenters. The lowest BCUT2D eigenvalue weighted by Crippen LogP contribution is -2.37. The maximum atomic E-state index is 13.8. The highest BCUT2D eigenvalue weighted by atomic mass is 35.5. The fourth-order valence-corrected chi connectivity index (χ4v) is 6.13. The maximum Gasteiger partial charge on any atom is 0.339 e. The predicted octanol–water partition coefficient (Wildman–Crippen LogP) is 5.07. The van der Waals surface area contributed by atoms with Gasteiger partial charge in [-0.3, -0.25) is 24.5 Å². The van der Waals surface area contributed by atoms with E-state index in [4.69, 9.17) is 20.6 Å². The van der Waals surface area contributed by atoms with E-state index >= 15 is 0 Å². The summed E-state index contributed by atoms with van der Waals surface area (Å²) in [6, 6.07) is 24.5. The summed E-state index contributed by atoms with van der Waals surface area (Å²) in [4.78, 5) is 45.2. The molecule has 4 aromatic carbocycles. The number of benzene rings is 4. The van der Waals surface area contributed by atoms with Crippen LogP contribution in [0.15, 0.2) is 108 Å². The molecule has 2 amide bonds. The summed E-state index contributed by atoms with van der Waals surface area (Å²) in [7, 11) is -4.10. The first-order valence-corrected chi connectivity index (χ1v) is 14.4. The third-order valence-corrected chi connectivity index (χ3v) is 8.47. The van der Waals surface area contributed by atoms with Gasteiger partial charge in [-0.25, -0.2) is 9.96 Å². The number of carbonyl (C=O) groups excluding carboxylic acids is 2. The second-order valence-electron chi connectivity index (χ2n) is 9.51. The minimum absolute atomic E-state index is 0.0182. The van der Waals surface area contributed by atoms with Crippen LogP contribution in [0, 0.1) is 16.0 Å². The number of fused-ring (bicyclic) bond motifs is 1.